The summed E-state index contributed by atoms with van der Waals surface area (Å²) in [7, 11) is 6.50. The fraction of sp³-hybridized carbons (Fsp3) is 0.208. The molecule has 9 heteroatoms. The summed E-state index contributed by atoms with van der Waals surface area (Å²) in [5, 5.41) is -1.80. The van der Waals surface area contributed by atoms with E-state index in [2.05, 4.69) is 9.98 Å². The monoisotopic (exact) mass is 440 g/mol. The number of nitrogens with zero attached hydrogens (tertiary/aromatic N) is 3. The number of halogens is 2. The average molecular weight is 440 g/mol. The minimum Gasteiger partial charge on any atom is -0.398 e. The van der Waals surface area contributed by atoms with Crippen LogP contribution in [0.4, 0.5) is 14.4 Å². The van der Waals surface area contributed by atoms with Gasteiger partial charge in [-0.15, -0.1) is 0 Å². The molecule has 0 bridgehead atoms. The summed E-state index contributed by atoms with van der Waals surface area (Å²) >= 11 is 0. The predicted octanol–water partition coefficient (Wildman–Crippen LogP) is 3.00. The summed E-state index contributed by atoms with van der Waals surface area (Å²) in [6, 6.07) is 11.4. The number of benzene rings is 2. The van der Waals surface area contributed by atoms with E-state index < -0.39 is 24.1 Å². The van der Waals surface area contributed by atoms with E-state index in [0.717, 1.165) is 0 Å². The number of nitrogen functional groups attached to an aromatic ring is 1. The molecular formula is C24H20B2F2N4O. The molecule has 3 heterocycles. The molecule has 162 valence electrons. The molecule has 2 aromatic carbocycles. The van der Waals surface area contributed by atoms with Gasteiger partial charge in [-0.1, -0.05) is 18.2 Å². The third-order valence-electron chi connectivity index (χ3n) is 6.27. The lowest BCUT2D eigenvalue weighted by Gasteiger charge is -2.42. The fourth-order valence-corrected chi connectivity index (χ4v) is 4.60. The van der Waals surface area contributed by atoms with E-state index in [9.17, 15) is 4.79 Å². The van der Waals surface area contributed by atoms with Crippen molar-refractivity contribution >= 4 is 38.1 Å². The Hall–Kier alpha value is -3.48. The molecule has 1 atom stereocenters. The van der Waals surface area contributed by atoms with Crippen LogP contribution in [0.1, 0.15) is 41.0 Å². The third-order valence-corrected chi connectivity index (χ3v) is 6.27. The maximum atomic E-state index is 16.1. The van der Waals surface area contributed by atoms with Crippen LogP contribution in [0.2, 0.25) is 0 Å². The van der Waals surface area contributed by atoms with E-state index >= 15 is 8.71 Å². The lowest BCUT2D eigenvalue weighted by molar-refractivity contribution is 0.0715. The van der Waals surface area contributed by atoms with Gasteiger partial charge in [0.05, 0.1) is 16.6 Å². The summed E-state index contributed by atoms with van der Waals surface area (Å²) < 4.78 is 31.4. The number of amides is 1. The van der Waals surface area contributed by atoms with Crippen LogP contribution in [0.5, 0.6) is 0 Å². The van der Waals surface area contributed by atoms with Crippen LogP contribution in [0.15, 0.2) is 53.7 Å². The predicted molar refractivity (Wildman–Crippen MR) is 127 cm³/mol. The number of aliphatic imine (C=N–C) groups is 1. The second kappa shape index (κ2) is 7.54. The van der Waals surface area contributed by atoms with Gasteiger partial charge in [-0.05, 0) is 54.7 Å². The van der Waals surface area contributed by atoms with Crippen molar-refractivity contribution in [1.82, 2.24) is 9.88 Å². The molecule has 2 N–H and O–H groups in total. The molecule has 5 nitrogen and oxygen atoms in total. The van der Waals surface area contributed by atoms with Crippen LogP contribution in [0, 0.1) is 5.82 Å². The van der Waals surface area contributed by atoms with Gasteiger partial charge in [0.15, 0.2) is 0 Å². The highest BCUT2D eigenvalue weighted by Gasteiger charge is 2.58. The van der Waals surface area contributed by atoms with Gasteiger partial charge >= 0.3 is 6.99 Å². The van der Waals surface area contributed by atoms with Gasteiger partial charge in [0.25, 0.3) is 5.91 Å². The van der Waals surface area contributed by atoms with Gasteiger partial charge in [-0.3, -0.25) is 14.8 Å². The van der Waals surface area contributed by atoms with Gasteiger partial charge < -0.3 is 14.9 Å². The summed E-state index contributed by atoms with van der Waals surface area (Å²) in [4.78, 5) is 22.7. The van der Waals surface area contributed by atoms with E-state index in [0.29, 0.717) is 22.4 Å². The van der Waals surface area contributed by atoms with Crippen molar-refractivity contribution in [3.63, 3.8) is 0 Å². The molecule has 0 spiro atoms. The highest BCUT2D eigenvalue weighted by molar-refractivity contribution is 6.77. The Kier molecular flexibility index (Phi) is 4.88. The van der Waals surface area contributed by atoms with Crippen LogP contribution in [0.3, 0.4) is 0 Å². The molecule has 0 saturated carbocycles. The van der Waals surface area contributed by atoms with Gasteiger partial charge in [-0.25, -0.2) is 4.39 Å². The van der Waals surface area contributed by atoms with E-state index in [4.69, 9.17) is 13.6 Å². The number of pyridine rings is 1. The van der Waals surface area contributed by atoms with Crippen LogP contribution >= 0.6 is 0 Å². The Bertz CT molecular complexity index is 1330. The summed E-state index contributed by atoms with van der Waals surface area (Å²) in [6.07, 6.45) is 3.12. The van der Waals surface area contributed by atoms with Crippen LogP contribution in [0.25, 0.3) is 11.1 Å². The normalized spacial score (nSPS) is 19.2. The maximum Gasteiger partial charge on any atom is 0.404 e. The molecule has 5 rings (SSSR count). The Morgan fingerprint density at radius 3 is 2.79 bits per heavy atom. The highest BCUT2D eigenvalue weighted by atomic mass is 19.1. The molecule has 0 fully saturated rings. The van der Waals surface area contributed by atoms with Crippen LogP contribution in [-0.4, -0.2) is 42.9 Å². The molecule has 2 radical (unpaired) electrons. The van der Waals surface area contributed by atoms with Gasteiger partial charge in [-0.2, -0.15) is 0 Å². The van der Waals surface area contributed by atoms with Gasteiger partial charge in [0.1, 0.15) is 13.7 Å². The zero-order valence-electron chi connectivity index (χ0n) is 18.2. The molecule has 1 aromatic heterocycles. The quantitative estimate of drug-likeness (QED) is 0.387. The number of hydrogen-bond donors (Lipinski definition) is 1. The molecular weight excluding hydrogens is 420 g/mol. The molecule has 0 saturated heterocycles. The van der Waals surface area contributed by atoms with Crippen molar-refractivity contribution in [3.8, 4) is 11.1 Å². The lowest BCUT2D eigenvalue weighted by Crippen LogP contribution is -2.63. The number of carbonyl (C=O) groups excluding carboxylic acids is 1. The minimum absolute atomic E-state index is 0.0449. The maximum absolute atomic E-state index is 16.1. The lowest BCUT2D eigenvalue weighted by atomic mass is 9.37. The summed E-state index contributed by atoms with van der Waals surface area (Å²) in [6.45, 7) is 1.85. The zero-order chi connectivity index (χ0) is 23.5. The van der Waals surface area contributed by atoms with Crippen molar-refractivity contribution in [2.75, 3.05) is 5.73 Å². The number of carbonyl (C=O) groups is 1. The average Bonchev–Trinajstić information content (AvgIpc) is 3.01. The molecule has 33 heavy (non-hydrogen) atoms. The third kappa shape index (κ3) is 3.09. The smallest absolute Gasteiger partial charge is 0.398 e. The minimum atomic E-state index is -1.87. The molecule has 2 aliphatic heterocycles. The number of fused-ring (bicyclic) bond motifs is 4. The second-order valence-corrected chi connectivity index (χ2v) is 8.69. The van der Waals surface area contributed by atoms with Gasteiger partial charge in [0, 0.05) is 41.8 Å². The molecule has 0 aliphatic carbocycles. The van der Waals surface area contributed by atoms with E-state index in [-0.39, 0.29) is 34.9 Å². The zero-order valence-corrected chi connectivity index (χ0v) is 18.2. The summed E-state index contributed by atoms with van der Waals surface area (Å²) in [5.41, 5.74) is 8.97. The first-order valence-corrected chi connectivity index (χ1v) is 10.7. The molecule has 3 aromatic rings. The van der Waals surface area contributed by atoms with E-state index in [1.165, 1.54) is 17.2 Å². The summed E-state index contributed by atoms with van der Waals surface area (Å²) in [5.74, 6) is -1.07. The standard InChI is InChI=1S/C24H20B2F2N4O/c1-13(2)31-11-17-15(5-3-7-21(17)29)14-9-19-18(20(27)10-14)12-32-23(33)16-6-4-8-30-22(16)24(32,25)26(19)28/h3-11,13H,12,29H2,1-2H3. The first-order valence-electron chi connectivity index (χ1n) is 10.7. The number of anilines is 1. The van der Waals surface area contributed by atoms with E-state index in [1.807, 2.05) is 13.8 Å². The fourth-order valence-electron chi connectivity index (χ4n) is 4.60. The van der Waals surface area contributed by atoms with Crippen molar-refractivity contribution < 1.29 is 13.5 Å². The molecule has 1 amide bonds. The Balaban J connectivity index is 1.68. The largest absolute Gasteiger partial charge is 0.404 e. The Morgan fingerprint density at radius 2 is 2.03 bits per heavy atom. The second-order valence-electron chi connectivity index (χ2n) is 8.69. The first-order chi connectivity index (χ1) is 15.7. The Morgan fingerprint density at radius 1 is 1.27 bits per heavy atom. The number of nitrogens with two attached hydrogens (primary N) is 1. The van der Waals surface area contributed by atoms with Crippen molar-refractivity contribution in [2.24, 2.45) is 4.99 Å². The number of aromatic nitrogens is 1. The van der Waals surface area contributed by atoms with Crippen LogP contribution in [-0.2, 0) is 11.9 Å². The molecule has 2 aliphatic rings. The molecule has 1 unspecified atom stereocenters. The van der Waals surface area contributed by atoms with Gasteiger partial charge in [0.2, 0.25) is 0 Å². The Labute approximate surface area is 192 Å². The number of hydrogen-bond acceptors (Lipinski definition) is 4. The highest BCUT2D eigenvalue weighted by Crippen LogP contribution is 2.42. The number of rotatable bonds is 3. The van der Waals surface area contributed by atoms with Crippen molar-refractivity contribution in [2.45, 2.75) is 31.8 Å². The first kappa shape index (κ1) is 21.4. The SMILES string of the molecule is [B]C12B(F)c3cc(-c4cccc(N)c4C=NC(C)C)cc(F)c3CN1C(=O)c1cccnc12. The van der Waals surface area contributed by atoms with E-state index in [1.54, 1.807) is 42.6 Å². The van der Waals surface area contributed by atoms with Crippen LogP contribution < -0.4 is 11.2 Å². The van der Waals surface area contributed by atoms with Crippen molar-refractivity contribution in [1.29, 1.82) is 0 Å². The topological polar surface area (TPSA) is 71.6 Å². The van der Waals surface area contributed by atoms with Crippen molar-refractivity contribution in [3.05, 3.63) is 76.9 Å².